The van der Waals surface area contributed by atoms with Crippen molar-refractivity contribution in [1.29, 1.82) is 0 Å². The fourth-order valence-corrected chi connectivity index (χ4v) is 3.58. The van der Waals surface area contributed by atoms with Gasteiger partial charge < -0.3 is 9.84 Å². The minimum absolute atomic E-state index is 0.0334. The van der Waals surface area contributed by atoms with Crippen LogP contribution in [0.1, 0.15) is 34.0 Å². The number of carbonyl (C=O) groups is 2. The zero-order valence-electron chi connectivity index (χ0n) is 16.8. The Morgan fingerprint density at radius 3 is 2.37 bits per heavy atom. The minimum Gasteiger partial charge on any atom is -0.504 e. The highest BCUT2D eigenvalue weighted by atomic mass is 16.5. The number of anilines is 1. The summed E-state index contributed by atoms with van der Waals surface area (Å²) in [4.78, 5) is 27.9. The van der Waals surface area contributed by atoms with E-state index in [4.69, 9.17) is 4.74 Å². The summed E-state index contributed by atoms with van der Waals surface area (Å²) in [6.45, 7) is 4.11. The molecule has 0 aliphatic carbocycles. The molecule has 3 aromatic rings. The number of amides is 2. The second-order valence-corrected chi connectivity index (χ2v) is 7.00. The average Bonchev–Trinajstić information content (AvgIpc) is 2.75. The van der Waals surface area contributed by atoms with Gasteiger partial charge in [-0.05, 0) is 60.9 Å². The van der Waals surface area contributed by atoms with Crippen LogP contribution in [0.2, 0.25) is 0 Å². The van der Waals surface area contributed by atoms with E-state index in [0.29, 0.717) is 40.3 Å². The number of carbonyl (C=O) groups excluding carboxylic acids is 2. The highest BCUT2D eigenvalue weighted by Crippen LogP contribution is 2.35. The Labute approximate surface area is 174 Å². The third kappa shape index (κ3) is 3.35. The molecule has 2 amide bonds. The minimum atomic E-state index is -0.390. The summed E-state index contributed by atoms with van der Waals surface area (Å²) in [5.74, 6) is -0.358. The van der Waals surface area contributed by atoms with E-state index in [1.165, 1.54) is 11.0 Å². The van der Waals surface area contributed by atoms with Gasteiger partial charge in [0, 0.05) is 11.1 Å². The number of aryl methyl sites for hydroxylation is 1. The van der Waals surface area contributed by atoms with Crippen molar-refractivity contribution >= 4 is 29.2 Å². The van der Waals surface area contributed by atoms with Crippen molar-refractivity contribution in [3.63, 3.8) is 0 Å². The Bertz CT molecular complexity index is 1180. The number of aromatic hydroxyl groups is 1. The van der Waals surface area contributed by atoms with Crippen LogP contribution in [0.3, 0.4) is 0 Å². The molecule has 0 fully saturated rings. The molecule has 30 heavy (non-hydrogen) atoms. The summed E-state index contributed by atoms with van der Waals surface area (Å²) in [6, 6.07) is 19.3. The van der Waals surface area contributed by atoms with Gasteiger partial charge in [0.05, 0.1) is 12.3 Å². The number of ether oxygens (including phenoxy) is 1. The Hall–Kier alpha value is -3.86. The first kappa shape index (κ1) is 19.5. The number of fused-ring (bicyclic) bond motifs is 1. The molecule has 0 atom stereocenters. The van der Waals surface area contributed by atoms with Crippen LogP contribution in [0, 0.1) is 6.92 Å². The second-order valence-electron chi connectivity index (χ2n) is 7.00. The number of rotatable bonds is 4. The molecule has 4 rings (SSSR count). The topological polar surface area (TPSA) is 66.8 Å². The summed E-state index contributed by atoms with van der Waals surface area (Å²) in [7, 11) is 0. The molecule has 1 aliphatic heterocycles. The molecular formula is C25H21NO4. The van der Waals surface area contributed by atoms with Crippen LogP contribution in [0.15, 0.2) is 66.7 Å². The maximum Gasteiger partial charge on any atom is 0.265 e. The lowest BCUT2D eigenvalue weighted by atomic mass is 9.91. The number of imide groups is 1. The summed E-state index contributed by atoms with van der Waals surface area (Å²) in [5.41, 5.74) is 3.55. The Balaban J connectivity index is 1.89. The van der Waals surface area contributed by atoms with Crippen molar-refractivity contribution in [2.45, 2.75) is 13.8 Å². The van der Waals surface area contributed by atoms with Crippen LogP contribution in [-0.4, -0.2) is 23.5 Å². The normalized spacial score (nSPS) is 14.7. The number of phenols is 1. The third-order valence-corrected chi connectivity index (χ3v) is 5.04. The lowest BCUT2D eigenvalue weighted by molar-refractivity contribution is -0.112. The molecule has 0 aromatic heterocycles. The maximum absolute atomic E-state index is 13.5. The van der Waals surface area contributed by atoms with Gasteiger partial charge in [0.2, 0.25) is 0 Å². The summed E-state index contributed by atoms with van der Waals surface area (Å²) < 4.78 is 5.46. The molecule has 0 saturated heterocycles. The largest absolute Gasteiger partial charge is 0.504 e. The maximum atomic E-state index is 13.5. The fraction of sp³-hybridized carbons (Fsp3) is 0.120. The van der Waals surface area contributed by atoms with Crippen molar-refractivity contribution in [3.8, 4) is 11.5 Å². The first-order valence-electron chi connectivity index (χ1n) is 9.72. The molecule has 1 aliphatic rings. The van der Waals surface area contributed by atoms with Gasteiger partial charge in [-0.2, -0.15) is 0 Å². The number of nitrogens with zero attached hydrogens (tertiary/aromatic N) is 1. The summed E-state index contributed by atoms with van der Waals surface area (Å²) in [5, 5.41) is 9.97. The lowest BCUT2D eigenvalue weighted by Gasteiger charge is -2.29. The molecule has 1 heterocycles. The van der Waals surface area contributed by atoms with E-state index in [0.717, 1.165) is 5.56 Å². The molecule has 5 nitrogen and oxygen atoms in total. The zero-order chi connectivity index (χ0) is 21.3. The fourth-order valence-electron chi connectivity index (χ4n) is 3.58. The Morgan fingerprint density at radius 1 is 0.933 bits per heavy atom. The first-order valence-corrected chi connectivity index (χ1v) is 9.72. The van der Waals surface area contributed by atoms with Gasteiger partial charge >= 0.3 is 0 Å². The predicted molar refractivity (Wildman–Crippen MR) is 117 cm³/mol. The van der Waals surface area contributed by atoms with Gasteiger partial charge in [0.25, 0.3) is 11.8 Å². The number of hydrogen-bond acceptors (Lipinski definition) is 4. The molecule has 0 unspecified atom stereocenters. The van der Waals surface area contributed by atoms with E-state index >= 15 is 0 Å². The summed E-state index contributed by atoms with van der Waals surface area (Å²) >= 11 is 0. The average molecular weight is 399 g/mol. The molecule has 3 aromatic carbocycles. The van der Waals surface area contributed by atoms with E-state index in [1.54, 1.807) is 54.6 Å². The smallest absolute Gasteiger partial charge is 0.265 e. The van der Waals surface area contributed by atoms with Crippen molar-refractivity contribution in [2.75, 3.05) is 11.5 Å². The van der Waals surface area contributed by atoms with Crippen LogP contribution >= 0.6 is 0 Å². The van der Waals surface area contributed by atoms with Crippen molar-refractivity contribution in [1.82, 2.24) is 0 Å². The standard InChI is InChI=1S/C25H21NO4/c1-3-30-23-15-17(12-13-22(23)27)14-20-18-9-5-6-10-19(18)24(28)26(25(20)29)21-11-7-4-8-16(21)2/h4-15,27H,3H2,1-2H3. The number of phenolic OH excluding ortho intramolecular Hbond substituents is 1. The molecule has 0 spiro atoms. The van der Waals surface area contributed by atoms with Crippen LogP contribution < -0.4 is 9.64 Å². The number of para-hydroxylation sites is 1. The van der Waals surface area contributed by atoms with Crippen molar-refractivity contribution < 1.29 is 19.4 Å². The van der Waals surface area contributed by atoms with Crippen molar-refractivity contribution in [3.05, 3.63) is 89.0 Å². The van der Waals surface area contributed by atoms with E-state index < -0.39 is 0 Å². The molecule has 5 heteroatoms. The molecule has 0 radical (unpaired) electrons. The molecule has 0 bridgehead atoms. The zero-order valence-corrected chi connectivity index (χ0v) is 16.8. The third-order valence-electron chi connectivity index (χ3n) is 5.04. The van der Waals surface area contributed by atoms with Gasteiger partial charge in [-0.3, -0.25) is 9.59 Å². The number of hydrogen-bond donors (Lipinski definition) is 1. The van der Waals surface area contributed by atoms with Crippen LogP contribution in [0.25, 0.3) is 11.6 Å². The molecule has 1 N–H and O–H groups in total. The molecule has 0 saturated carbocycles. The Morgan fingerprint density at radius 2 is 1.63 bits per heavy atom. The first-order chi connectivity index (χ1) is 14.5. The SMILES string of the molecule is CCOc1cc(C=C2C(=O)N(c3ccccc3C)C(=O)c3ccccc32)ccc1O. The van der Waals surface area contributed by atoms with Crippen LogP contribution in [-0.2, 0) is 4.79 Å². The van der Waals surface area contributed by atoms with Crippen LogP contribution in [0.5, 0.6) is 11.5 Å². The monoisotopic (exact) mass is 399 g/mol. The van der Waals surface area contributed by atoms with Gasteiger partial charge in [0.1, 0.15) is 0 Å². The highest BCUT2D eigenvalue weighted by Gasteiger charge is 2.36. The van der Waals surface area contributed by atoms with E-state index in [-0.39, 0.29) is 17.6 Å². The predicted octanol–water partition coefficient (Wildman–Crippen LogP) is 4.83. The molecule has 150 valence electrons. The van der Waals surface area contributed by atoms with Gasteiger partial charge in [-0.25, -0.2) is 4.90 Å². The van der Waals surface area contributed by atoms with Gasteiger partial charge in [0.15, 0.2) is 11.5 Å². The quantitative estimate of drug-likeness (QED) is 0.504. The van der Waals surface area contributed by atoms with Gasteiger partial charge in [-0.1, -0.05) is 42.5 Å². The van der Waals surface area contributed by atoms with E-state index in [2.05, 4.69) is 0 Å². The summed E-state index contributed by atoms with van der Waals surface area (Å²) in [6.07, 6.45) is 1.72. The second kappa shape index (κ2) is 7.87. The highest BCUT2D eigenvalue weighted by molar-refractivity contribution is 6.43. The van der Waals surface area contributed by atoms with E-state index in [1.807, 2.05) is 26.0 Å². The lowest BCUT2D eigenvalue weighted by Crippen LogP contribution is -2.42. The Kier molecular flexibility index (Phi) is 5.11. The van der Waals surface area contributed by atoms with Gasteiger partial charge in [-0.15, -0.1) is 0 Å². The van der Waals surface area contributed by atoms with Crippen molar-refractivity contribution in [2.24, 2.45) is 0 Å². The molecular weight excluding hydrogens is 378 g/mol. The van der Waals surface area contributed by atoms with E-state index in [9.17, 15) is 14.7 Å². The van der Waals surface area contributed by atoms with Crippen LogP contribution in [0.4, 0.5) is 5.69 Å². The number of benzene rings is 3.